The van der Waals surface area contributed by atoms with Crippen LogP contribution in [0.4, 0.5) is 0 Å². The smallest absolute Gasteiger partial charge is 0.267 e. The molecular weight excluding hydrogens is 210 g/mol. The van der Waals surface area contributed by atoms with E-state index in [0.29, 0.717) is 5.75 Å². The number of ether oxygens (including phenoxy) is 1. The van der Waals surface area contributed by atoms with Crippen molar-refractivity contribution in [1.29, 1.82) is 0 Å². The van der Waals surface area contributed by atoms with Gasteiger partial charge in [-0.25, -0.2) is 0 Å². The molecule has 1 aromatic rings. The van der Waals surface area contributed by atoms with Crippen molar-refractivity contribution in [3.8, 4) is 5.75 Å². The first-order valence-electron chi connectivity index (χ1n) is 4.83. The Balaban J connectivity index is 2.66. The number of rotatable bonds is 5. The molecule has 86 valence electrons. The Morgan fingerprint density at radius 2 is 2.00 bits per heavy atom. The highest BCUT2D eigenvalue weighted by molar-refractivity contribution is 5.84. The van der Waals surface area contributed by atoms with E-state index in [4.69, 9.17) is 4.74 Å². The minimum absolute atomic E-state index is 0.0755. The molecule has 0 amide bonds. The lowest BCUT2D eigenvalue weighted by molar-refractivity contribution is -0.503. The molecule has 0 spiro atoms. The zero-order valence-corrected chi connectivity index (χ0v) is 9.17. The van der Waals surface area contributed by atoms with Gasteiger partial charge in [-0.3, -0.25) is 14.9 Å². The summed E-state index contributed by atoms with van der Waals surface area (Å²) in [6.07, 6.45) is 0.0755. The van der Waals surface area contributed by atoms with Crippen molar-refractivity contribution < 1.29 is 14.5 Å². The Morgan fingerprint density at radius 3 is 2.44 bits per heavy atom. The molecule has 5 nitrogen and oxygen atoms in total. The molecule has 1 aromatic carbocycles. The standard InChI is InChI=1S/C11H13NO4/c1-8(12(14)15)11(13)7-9-3-5-10(16-2)6-4-9/h3-6,8H,7H2,1-2H3. The molecule has 5 heteroatoms. The van der Waals surface area contributed by atoms with Crippen molar-refractivity contribution in [2.75, 3.05) is 7.11 Å². The van der Waals surface area contributed by atoms with Crippen LogP contribution in [0.3, 0.4) is 0 Å². The molecule has 0 fully saturated rings. The average Bonchev–Trinajstić information content (AvgIpc) is 2.28. The second-order valence-corrected chi connectivity index (χ2v) is 3.45. The van der Waals surface area contributed by atoms with Crippen LogP contribution in [0.1, 0.15) is 12.5 Å². The second-order valence-electron chi connectivity index (χ2n) is 3.45. The number of methoxy groups -OCH3 is 1. The molecule has 0 N–H and O–H groups in total. The van der Waals surface area contributed by atoms with E-state index < -0.39 is 16.7 Å². The third-order valence-electron chi connectivity index (χ3n) is 2.32. The molecule has 0 aliphatic rings. The van der Waals surface area contributed by atoms with Gasteiger partial charge >= 0.3 is 0 Å². The van der Waals surface area contributed by atoms with E-state index in [1.54, 1.807) is 31.4 Å². The van der Waals surface area contributed by atoms with Gasteiger partial charge in [0.25, 0.3) is 6.04 Å². The molecule has 0 heterocycles. The van der Waals surface area contributed by atoms with Crippen molar-refractivity contribution >= 4 is 5.78 Å². The quantitative estimate of drug-likeness (QED) is 0.560. The van der Waals surface area contributed by atoms with Crippen LogP contribution in [0, 0.1) is 10.1 Å². The molecule has 1 rings (SSSR count). The van der Waals surface area contributed by atoms with Gasteiger partial charge in [0.15, 0.2) is 0 Å². The number of ketones is 1. The molecule has 1 unspecified atom stereocenters. The van der Waals surface area contributed by atoms with Crippen molar-refractivity contribution in [2.24, 2.45) is 0 Å². The van der Waals surface area contributed by atoms with Crippen LogP contribution in [-0.2, 0) is 11.2 Å². The molecule has 1 atom stereocenters. The van der Waals surface area contributed by atoms with Crippen LogP contribution in [0.2, 0.25) is 0 Å². The van der Waals surface area contributed by atoms with Crippen LogP contribution in [0.15, 0.2) is 24.3 Å². The van der Waals surface area contributed by atoms with Crippen molar-refractivity contribution in [3.05, 3.63) is 39.9 Å². The van der Waals surface area contributed by atoms with Gasteiger partial charge in [-0.1, -0.05) is 12.1 Å². The SMILES string of the molecule is COc1ccc(CC(=O)C(C)[N+](=O)[O-])cc1. The number of Topliss-reactive ketones (excluding diaryl/α,β-unsaturated/α-hetero) is 1. The molecule has 0 aliphatic carbocycles. The van der Waals surface area contributed by atoms with Gasteiger partial charge in [-0.2, -0.15) is 0 Å². The molecular formula is C11H13NO4. The van der Waals surface area contributed by atoms with Gasteiger partial charge in [0.1, 0.15) is 5.75 Å². The lowest BCUT2D eigenvalue weighted by atomic mass is 10.1. The summed E-state index contributed by atoms with van der Waals surface area (Å²) in [6, 6.07) is 5.74. The zero-order valence-electron chi connectivity index (χ0n) is 9.17. The lowest BCUT2D eigenvalue weighted by Crippen LogP contribution is -2.27. The summed E-state index contributed by atoms with van der Waals surface area (Å²) in [6.45, 7) is 1.30. The van der Waals surface area contributed by atoms with Crippen LogP contribution in [-0.4, -0.2) is 23.9 Å². The Hall–Kier alpha value is -1.91. The number of hydrogen-bond donors (Lipinski definition) is 0. The second kappa shape index (κ2) is 5.25. The largest absolute Gasteiger partial charge is 0.497 e. The maximum absolute atomic E-state index is 11.4. The molecule has 0 radical (unpaired) electrons. The number of carbonyl (C=O) groups excluding carboxylic acids is 1. The minimum Gasteiger partial charge on any atom is -0.497 e. The van der Waals surface area contributed by atoms with Crippen molar-refractivity contribution in [3.63, 3.8) is 0 Å². The van der Waals surface area contributed by atoms with E-state index >= 15 is 0 Å². The number of benzene rings is 1. The Morgan fingerprint density at radius 1 is 1.44 bits per heavy atom. The number of carbonyl (C=O) groups is 1. The highest BCUT2D eigenvalue weighted by atomic mass is 16.6. The van der Waals surface area contributed by atoms with E-state index in [-0.39, 0.29) is 6.42 Å². The van der Waals surface area contributed by atoms with Crippen LogP contribution >= 0.6 is 0 Å². The monoisotopic (exact) mass is 223 g/mol. The molecule has 0 saturated heterocycles. The normalized spacial score (nSPS) is 11.9. The maximum atomic E-state index is 11.4. The van der Waals surface area contributed by atoms with E-state index in [0.717, 1.165) is 5.56 Å². The fraction of sp³-hybridized carbons (Fsp3) is 0.364. The predicted molar refractivity (Wildman–Crippen MR) is 58.2 cm³/mol. The summed E-state index contributed by atoms with van der Waals surface area (Å²) in [5.74, 6) is 0.300. The van der Waals surface area contributed by atoms with Gasteiger partial charge in [0, 0.05) is 18.3 Å². The molecule has 0 aliphatic heterocycles. The van der Waals surface area contributed by atoms with Gasteiger partial charge < -0.3 is 4.74 Å². The number of nitrogens with zero attached hydrogens (tertiary/aromatic N) is 1. The molecule has 0 aromatic heterocycles. The molecule has 0 saturated carbocycles. The molecule has 0 bridgehead atoms. The first-order valence-corrected chi connectivity index (χ1v) is 4.83. The minimum atomic E-state index is -1.15. The van der Waals surface area contributed by atoms with Crippen molar-refractivity contribution in [2.45, 2.75) is 19.4 Å². The summed E-state index contributed by atoms with van der Waals surface area (Å²) in [4.78, 5) is 21.3. The van der Waals surface area contributed by atoms with E-state index in [9.17, 15) is 14.9 Å². The van der Waals surface area contributed by atoms with Gasteiger partial charge in [0.05, 0.1) is 7.11 Å². The van der Waals surface area contributed by atoms with Gasteiger partial charge in [0.2, 0.25) is 5.78 Å². The Kier molecular flexibility index (Phi) is 3.99. The predicted octanol–water partition coefficient (Wildman–Crippen LogP) is 1.47. The Bertz CT molecular complexity index is 385. The molecule has 16 heavy (non-hydrogen) atoms. The Labute approximate surface area is 93.2 Å². The van der Waals surface area contributed by atoms with Crippen LogP contribution < -0.4 is 4.74 Å². The zero-order chi connectivity index (χ0) is 12.1. The fourth-order valence-corrected chi connectivity index (χ4v) is 1.21. The van der Waals surface area contributed by atoms with E-state index in [1.165, 1.54) is 6.92 Å². The summed E-state index contributed by atoms with van der Waals surface area (Å²) in [5, 5.41) is 10.4. The number of nitro groups is 1. The van der Waals surface area contributed by atoms with Crippen molar-refractivity contribution in [1.82, 2.24) is 0 Å². The van der Waals surface area contributed by atoms with Crippen LogP contribution in [0.25, 0.3) is 0 Å². The van der Waals surface area contributed by atoms with E-state index in [1.807, 2.05) is 0 Å². The lowest BCUT2D eigenvalue weighted by Gasteiger charge is -2.04. The summed E-state index contributed by atoms with van der Waals surface area (Å²) < 4.78 is 4.97. The van der Waals surface area contributed by atoms with E-state index in [2.05, 4.69) is 0 Å². The first kappa shape index (κ1) is 12.2. The highest BCUT2D eigenvalue weighted by Crippen LogP contribution is 2.12. The summed E-state index contributed by atoms with van der Waals surface area (Å²) in [7, 11) is 1.55. The number of hydrogen-bond acceptors (Lipinski definition) is 4. The first-order chi connectivity index (χ1) is 7.54. The highest BCUT2D eigenvalue weighted by Gasteiger charge is 2.22. The summed E-state index contributed by atoms with van der Waals surface area (Å²) in [5.41, 5.74) is 0.750. The van der Waals surface area contributed by atoms with Gasteiger partial charge in [-0.15, -0.1) is 0 Å². The van der Waals surface area contributed by atoms with Crippen LogP contribution in [0.5, 0.6) is 5.75 Å². The fourth-order valence-electron chi connectivity index (χ4n) is 1.21. The third-order valence-corrected chi connectivity index (χ3v) is 2.32. The maximum Gasteiger partial charge on any atom is 0.267 e. The topological polar surface area (TPSA) is 69.4 Å². The van der Waals surface area contributed by atoms with Gasteiger partial charge in [-0.05, 0) is 17.7 Å². The summed E-state index contributed by atoms with van der Waals surface area (Å²) >= 11 is 0. The average molecular weight is 223 g/mol. The third kappa shape index (κ3) is 3.05.